The molecule has 1 aliphatic carbocycles. The lowest BCUT2D eigenvalue weighted by molar-refractivity contribution is 0.304. The maximum atomic E-state index is 6.11. The highest BCUT2D eigenvalue weighted by molar-refractivity contribution is 5.80. The summed E-state index contributed by atoms with van der Waals surface area (Å²) in [6.45, 7) is 14.1. The van der Waals surface area contributed by atoms with Gasteiger partial charge in [-0.15, -0.1) is 10.8 Å². The molecule has 0 saturated carbocycles. The van der Waals surface area contributed by atoms with Crippen molar-refractivity contribution in [1.82, 2.24) is 15.0 Å². The number of fused-ring (bicyclic) bond motifs is 1. The molecule has 1 aromatic carbocycles. The van der Waals surface area contributed by atoms with Crippen molar-refractivity contribution in [3.8, 4) is 5.75 Å². The molecule has 38 heavy (non-hydrogen) atoms. The molecule has 6 heteroatoms. The molecule has 0 fully saturated rings. The van der Waals surface area contributed by atoms with Crippen LogP contribution in [-0.4, -0.2) is 33.7 Å². The molecule has 0 spiro atoms. The van der Waals surface area contributed by atoms with Crippen LogP contribution in [0.4, 0.5) is 11.4 Å². The average Bonchev–Trinajstić information content (AvgIpc) is 3.66. The van der Waals surface area contributed by atoms with Gasteiger partial charge in [-0.25, -0.2) is 0 Å². The Balaban J connectivity index is 0.998. The summed E-state index contributed by atoms with van der Waals surface area (Å²) in [6.07, 6.45) is 20.7. The van der Waals surface area contributed by atoms with Crippen molar-refractivity contribution in [2.75, 3.05) is 16.4 Å². The monoisotopic (exact) mass is 515 g/mol. The molecule has 0 unspecified atom stereocenters. The highest BCUT2D eigenvalue weighted by atomic mass is 16.5. The number of anilines is 2. The summed E-state index contributed by atoms with van der Waals surface area (Å²) in [5.74, 6) is 0.964. The maximum Gasteiger partial charge on any atom is 0.209 e. The van der Waals surface area contributed by atoms with Crippen LogP contribution >= 0.6 is 0 Å². The smallest absolute Gasteiger partial charge is 0.209 e. The minimum absolute atomic E-state index is 0.371. The summed E-state index contributed by atoms with van der Waals surface area (Å²) in [7, 11) is 0. The molecule has 0 N–H and O–H groups in total. The van der Waals surface area contributed by atoms with Crippen molar-refractivity contribution >= 4 is 16.9 Å². The van der Waals surface area contributed by atoms with E-state index in [-0.39, 0.29) is 0 Å². The van der Waals surface area contributed by atoms with Gasteiger partial charge in [-0.05, 0) is 64.8 Å². The fourth-order valence-corrected chi connectivity index (χ4v) is 5.00. The van der Waals surface area contributed by atoms with E-state index in [1.54, 1.807) is 0 Å². The number of benzene rings is 1. The van der Waals surface area contributed by atoms with Gasteiger partial charge in [0.2, 0.25) is 6.67 Å². The molecule has 2 aliphatic rings. The lowest BCUT2D eigenvalue weighted by Gasteiger charge is -2.24. The van der Waals surface area contributed by atoms with E-state index in [1.807, 2.05) is 29.1 Å². The highest BCUT2D eigenvalue weighted by Crippen LogP contribution is 2.42. The van der Waals surface area contributed by atoms with Gasteiger partial charge in [0.05, 0.1) is 24.2 Å². The molecule has 1 aromatic heterocycles. The van der Waals surface area contributed by atoms with Crippen LogP contribution in [-0.2, 0) is 6.54 Å². The topological polar surface area (TPSA) is 46.4 Å². The summed E-state index contributed by atoms with van der Waals surface area (Å²) in [6, 6.07) is 7.22. The third kappa shape index (κ3) is 7.77. The Morgan fingerprint density at radius 1 is 0.816 bits per heavy atom. The SMILES string of the molecule is CC(C)N1[C]N(C(C)C)c2cc(OCCCCCCCCCCCCn3cc(C4=C=CC=C4)nn3)ccc21. The number of aryl methyl sites for hydroxylation is 1. The second-order valence-electron chi connectivity index (χ2n) is 11.0. The molecule has 2 aromatic rings. The number of aromatic nitrogens is 3. The van der Waals surface area contributed by atoms with Gasteiger partial charge in [-0.2, -0.15) is 0 Å². The third-order valence-electron chi connectivity index (χ3n) is 7.18. The maximum absolute atomic E-state index is 6.11. The van der Waals surface area contributed by atoms with Crippen molar-refractivity contribution in [3.05, 3.63) is 60.7 Å². The van der Waals surface area contributed by atoms with E-state index < -0.39 is 0 Å². The van der Waals surface area contributed by atoms with E-state index in [0.717, 1.165) is 36.6 Å². The Hall–Kier alpha value is -2.98. The van der Waals surface area contributed by atoms with Crippen molar-refractivity contribution < 1.29 is 4.74 Å². The van der Waals surface area contributed by atoms with Crippen molar-refractivity contribution in [2.45, 2.75) is 111 Å². The van der Waals surface area contributed by atoms with Crippen molar-refractivity contribution in [3.63, 3.8) is 0 Å². The van der Waals surface area contributed by atoms with Crippen LogP contribution in [0.25, 0.3) is 5.57 Å². The standard InChI is InChI=1S/C32H45N5O/c1-26(2)36-25-37(27(3)4)32-23-29(19-20-31(32)36)38-22-16-12-10-8-6-5-7-9-11-15-21-35-24-30(33-34-35)28-17-13-14-18-28/h13-14,17,19-20,23-24,26-27H,5-12,15-16,21-22H2,1-4H3. The number of hydrogen-bond donors (Lipinski definition) is 0. The first-order chi connectivity index (χ1) is 18.5. The summed E-state index contributed by atoms with van der Waals surface area (Å²) >= 11 is 0. The second kappa shape index (κ2) is 14.2. The Kier molecular flexibility index (Phi) is 10.5. The van der Waals surface area contributed by atoms with Crippen LogP contribution in [0.15, 0.2) is 48.4 Å². The molecule has 6 nitrogen and oxygen atoms in total. The molecule has 0 amide bonds. The summed E-state index contributed by atoms with van der Waals surface area (Å²) in [5.41, 5.74) is 7.54. The van der Waals surface area contributed by atoms with Crippen LogP contribution in [0, 0.1) is 6.67 Å². The van der Waals surface area contributed by atoms with E-state index in [4.69, 9.17) is 4.74 Å². The van der Waals surface area contributed by atoms with Crippen LogP contribution in [0.5, 0.6) is 5.75 Å². The van der Waals surface area contributed by atoms with Crippen LogP contribution in [0.3, 0.4) is 0 Å². The van der Waals surface area contributed by atoms with Crippen molar-refractivity contribution in [1.29, 1.82) is 0 Å². The van der Waals surface area contributed by atoms with Gasteiger partial charge < -0.3 is 14.5 Å². The van der Waals surface area contributed by atoms with Crippen LogP contribution in [0.2, 0.25) is 0 Å². The zero-order valence-corrected chi connectivity index (χ0v) is 23.8. The zero-order valence-electron chi connectivity index (χ0n) is 23.8. The molecule has 2 heterocycles. The highest BCUT2D eigenvalue weighted by Gasteiger charge is 2.31. The number of nitrogens with zero attached hydrogens (tertiary/aromatic N) is 5. The Labute approximate surface area is 230 Å². The van der Waals surface area contributed by atoms with E-state index >= 15 is 0 Å². The van der Waals surface area contributed by atoms with Crippen molar-refractivity contribution in [2.24, 2.45) is 0 Å². The van der Waals surface area contributed by atoms with Gasteiger partial charge in [-0.1, -0.05) is 62.7 Å². The quantitative estimate of drug-likeness (QED) is 0.159. The molecular formula is C32H45N5O. The van der Waals surface area contributed by atoms with Gasteiger partial charge in [-0.3, -0.25) is 4.68 Å². The van der Waals surface area contributed by atoms with Gasteiger partial charge in [0.15, 0.2) is 0 Å². The molecule has 4 rings (SSSR count). The zero-order chi connectivity index (χ0) is 26.7. The molecule has 1 aliphatic heterocycles. The second-order valence-corrected chi connectivity index (χ2v) is 11.0. The lowest BCUT2D eigenvalue weighted by atomic mass is 10.1. The number of unbranched alkanes of at least 4 members (excludes halogenated alkanes) is 9. The van der Waals surface area contributed by atoms with Gasteiger partial charge in [0, 0.05) is 30.3 Å². The first kappa shape index (κ1) is 28.0. The average molecular weight is 516 g/mol. The summed E-state index contributed by atoms with van der Waals surface area (Å²) in [4.78, 5) is 4.44. The molecule has 0 bridgehead atoms. The normalized spacial score (nSPS) is 14.3. The number of hydrogen-bond acceptors (Lipinski definition) is 5. The summed E-state index contributed by atoms with van der Waals surface area (Å²) < 4.78 is 8.07. The predicted octanol–water partition coefficient (Wildman–Crippen LogP) is 7.81. The minimum atomic E-state index is 0.371. The number of rotatable bonds is 17. The molecule has 0 atom stereocenters. The number of ether oxygens (including phenoxy) is 1. The fraction of sp³-hybridized carbons (Fsp3) is 0.562. The minimum Gasteiger partial charge on any atom is -0.494 e. The first-order valence-corrected chi connectivity index (χ1v) is 14.7. The Morgan fingerprint density at radius 3 is 2.13 bits per heavy atom. The Morgan fingerprint density at radius 2 is 1.47 bits per heavy atom. The molecule has 2 radical (unpaired) electrons. The number of allylic oxidation sites excluding steroid dienone is 3. The molecular weight excluding hydrogens is 470 g/mol. The van der Waals surface area contributed by atoms with Gasteiger partial charge in [0.25, 0.3) is 0 Å². The van der Waals surface area contributed by atoms with Crippen LogP contribution in [0.1, 0.15) is 97.6 Å². The fourth-order valence-electron chi connectivity index (χ4n) is 5.00. The Bertz CT molecular complexity index is 1110. The van der Waals surface area contributed by atoms with E-state index in [0.29, 0.717) is 12.1 Å². The third-order valence-corrected chi connectivity index (χ3v) is 7.18. The van der Waals surface area contributed by atoms with E-state index in [1.165, 1.54) is 69.2 Å². The molecule has 0 saturated heterocycles. The van der Waals surface area contributed by atoms with Crippen LogP contribution < -0.4 is 14.5 Å². The first-order valence-electron chi connectivity index (χ1n) is 14.7. The molecule has 204 valence electrons. The van der Waals surface area contributed by atoms with E-state index in [2.05, 4.69) is 78.4 Å². The van der Waals surface area contributed by atoms with Gasteiger partial charge >= 0.3 is 0 Å². The lowest BCUT2D eigenvalue weighted by Crippen LogP contribution is -2.33. The van der Waals surface area contributed by atoms with Gasteiger partial charge in [0.1, 0.15) is 11.4 Å². The van der Waals surface area contributed by atoms with E-state index in [9.17, 15) is 0 Å². The summed E-state index contributed by atoms with van der Waals surface area (Å²) in [5, 5.41) is 8.49. The predicted molar refractivity (Wildman–Crippen MR) is 157 cm³/mol. The largest absolute Gasteiger partial charge is 0.494 e.